The first-order valence-corrected chi connectivity index (χ1v) is 9.55. The summed E-state index contributed by atoms with van der Waals surface area (Å²) < 4.78 is 13.2. The first-order chi connectivity index (χ1) is 14.1. The van der Waals surface area contributed by atoms with Crippen LogP contribution in [0.25, 0.3) is 11.0 Å². The van der Waals surface area contributed by atoms with Crippen molar-refractivity contribution in [2.24, 2.45) is 0 Å². The van der Waals surface area contributed by atoms with Gasteiger partial charge in [0.05, 0.1) is 22.8 Å². The summed E-state index contributed by atoms with van der Waals surface area (Å²) in [4.78, 5) is 18.8. The van der Waals surface area contributed by atoms with Crippen LogP contribution in [0.1, 0.15) is 36.7 Å². The van der Waals surface area contributed by atoms with Gasteiger partial charge in [-0.15, -0.1) is 0 Å². The average molecular weight is 392 g/mol. The van der Waals surface area contributed by atoms with Crippen molar-refractivity contribution < 1.29 is 4.39 Å². The Morgan fingerprint density at radius 2 is 2.07 bits per heavy atom. The maximum absolute atomic E-state index is 13.2. The Morgan fingerprint density at radius 1 is 1.21 bits per heavy atom. The molecule has 0 radical (unpaired) electrons. The molecule has 4 aromatic rings. The molecule has 5 rings (SSSR count). The lowest BCUT2D eigenvalue weighted by Gasteiger charge is -2.24. The van der Waals surface area contributed by atoms with Gasteiger partial charge in [-0.05, 0) is 37.6 Å². The van der Waals surface area contributed by atoms with Crippen LogP contribution in [0, 0.1) is 0 Å². The number of halogens is 1. The minimum absolute atomic E-state index is 0.0158. The quantitative estimate of drug-likeness (QED) is 0.461. The highest BCUT2D eigenvalue weighted by molar-refractivity contribution is 5.74. The van der Waals surface area contributed by atoms with Crippen LogP contribution in [-0.2, 0) is 0 Å². The van der Waals surface area contributed by atoms with Crippen LogP contribution in [-0.4, -0.2) is 43.4 Å². The zero-order chi connectivity index (χ0) is 20.0. The molecule has 29 heavy (non-hydrogen) atoms. The average Bonchev–Trinajstić information content (AvgIpc) is 3.11. The van der Waals surface area contributed by atoms with E-state index in [-0.39, 0.29) is 12.0 Å². The number of nitrogens with one attached hydrogen (secondary N) is 3. The normalized spacial score (nSPS) is 19.3. The van der Waals surface area contributed by atoms with E-state index in [1.165, 1.54) is 0 Å². The molecule has 1 fully saturated rings. The Balaban J connectivity index is 1.33. The molecule has 1 aliphatic carbocycles. The van der Waals surface area contributed by atoms with Gasteiger partial charge in [0.1, 0.15) is 12.0 Å². The third-order valence-electron chi connectivity index (χ3n) is 5.36. The Kier molecular flexibility index (Phi) is 4.15. The highest BCUT2D eigenvalue weighted by Crippen LogP contribution is 2.43. The van der Waals surface area contributed by atoms with Crippen molar-refractivity contribution >= 4 is 28.6 Å². The molecule has 3 atom stereocenters. The Morgan fingerprint density at radius 3 is 2.90 bits per heavy atom. The van der Waals surface area contributed by atoms with Crippen molar-refractivity contribution in [1.82, 2.24) is 30.1 Å². The molecule has 1 saturated carbocycles. The molecule has 148 valence electrons. The number of pyridine rings is 1. The molecule has 0 amide bonds. The monoisotopic (exact) mass is 392 g/mol. The van der Waals surface area contributed by atoms with Crippen molar-refractivity contribution in [3.63, 3.8) is 0 Å². The summed E-state index contributed by atoms with van der Waals surface area (Å²) in [5.74, 6) is 1.74. The molecule has 4 heterocycles. The van der Waals surface area contributed by atoms with E-state index in [9.17, 15) is 4.39 Å². The van der Waals surface area contributed by atoms with Gasteiger partial charge < -0.3 is 15.2 Å². The van der Waals surface area contributed by atoms with E-state index in [1.54, 1.807) is 12.3 Å². The first-order valence-electron chi connectivity index (χ1n) is 9.55. The summed E-state index contributed by atoms with van der Waals surface area (Å²) in [6, 6.07) is 9.57. The van der Waals surface area contributed by atoms with Crippen molar-refractivity contribution in [3.05, 3.63) is 54.1 Å². The predicted molar refractivity (Wildman–Crippen MR) is 109 cm³/mol. The molecule has 0 spiro atoms. The van der Waals surface area contributed by atoms with E-state index in [0.29, 0.717) is 24.0 Å². The van der Waals surface area contributed by atoms with E-state index in [1.807, 2.05) is 42.4 Å². The fraction of sp³-hybridized carbons (Fsp3) is 0.300. The second kappa shape index (κ2) is 6.84. The Labute approximate surface area is 166 Å². The Hall–Kier alpha value is -3.49. The van der Waals surface area contributed by atoms with Crippen LogP contribution in [0.5, 0.6) is 0 Å². The number of H-pyrrole nitrogens is 2. The number of nitrogens with zero attached hydrogens (tertiary/aromatic N) is 5. The van der Waals surface area contributed by atoms with Crippen LogP contribution in [0.4, 0.5) is 22.0 Å². The van der Waals surface area contributed by atoms with E-state index in [4.69, 9.17) is 4.98 Å². The number of fused-ring (bicyclic) bond motifs is 1. The zero-order valence-electron chi connectivity index (χ0n) is 16.1. The van der Waals surface area contributed by atoms with Gasteiger partial charge in [0, 0.05) is 37.1 Å². The van der Waals surface area contributed by atoms with Crippen LogP contribution >= 0.6 is 0 Å². The highest BCUT2D eigenvalue weighted by atomic mass is 19.1. The smallest absolute Gasteiger partial charge is 0.227 e. The predicted octanol–water partition coefficient (Wildman–Crippen LogP) is 3.84. The van der Waals surface area contributed by atoms with E-state index in [2.05, 4.69) is 37.4 Å². The number of alkyl halides is 1. The maximum Gasteiger partial charge on any atom is 0.227 e. The van der Waals surface area contributed by atoms with Crippen LogP contribution in [0.2, 0.25) is 0 Å². The Bertz CT molecular complexity index is 1150. The largest absolute Gasteiger partial charge is 0.360 e. The SMILES string of the molecule is C[C@H](c1ccc2[nH]ccc2n1)N(C)c1nccc(Nc2cc([C@@H]3C[C@@H]3F)[nH]n2)n1. The van der Waals surface area contributed by atoms with Gasteiger partial charge in [-0.1, -0.05) is 0 Å². The molecule has 4 aromatic heterocycles. The summed E-state index contributed by atoms with van der Waals surface area (Å²) in [5, 5.41) is 10.2. The van der Waals surface area contributed by atoms with Crippen molar-refractivity contribution in [3.8, 4) is 0 Å². The molecule has 0 aliphatic heterocycles. The number of hydrogen-bond acceptors (Lipinski definition) is 6. The van der Waals surface area contributed by atoms with Crippen LogP contribution in [0.15, 0.2) is 42.7 Å². The van der Waals surface area contributed by atoms with Gasteiger partial charge in [0.2, 0.25) is 5.95 Å². The molecule has 9 heteroatoms. The minimum atomic E-state index is -0.761. The number of rotatable bonds is 6. The second-order valence-electron chi connectivity index (χ2n) is 7.37. The van der Waals surface area contributed by atoms with E-state index in [0.717, 1.165) is 22.4 Å². The van der Waals surface area contributed by atoms with E-state index >= 15 is 0 Å². The molecule has 0 aromatic carbocycles. The summed E-state index contributed by atoms with van der Waals surface area (Å²) in [6.07, 6.45) is 3.38. The maximum atomic E-state index is 13.2. The first kappa shape index (κ1) is 17.6. The molecular formula is C20H21FN8. The number of aromatic nitrogens is 6. The minimum Gasteiger partial charge on any atom is -0.360 e. The molecule has 0 saturated heterocycles. The van der Waals surface area contributed by atoms with Gasteiger partial charge in [0.25, 0.3) is 0 Å². The number of aromatic amines is 2. The molecule has 0 bridgehead atoms. The molecular weight excluding hydrogens is 371 g/mol. The molecule has 3 N–H and O–H groups in total. The topological polar surface area (TPSA) is 98.4 Å². The molecule has 8 nitrogen and oxygen atoms in total. The van der Waals surface area contributed by atoms with Gasteiger partial charge in [-0.2, -0.15) is 10.1 Å². The zero-order valence-corrected chi connectivity index (χ0v) is 16.1. The second-order valence-corrected chi connectivity index (χ2v) is 7.37. The lowest BCUT2D eigenvalue weighted by Crippen LogP contribution is -2.24. The standard InChI is InChI=1S/C20H21FN8/c1-11(14-3-4-15-16(24-14)5-7-22-15)29(2)20-23-8-6-18(26-20)25-19-10-17(27-28-19)12-9-13(12)21/h3-8,10-13,22H,9H2,1-2H3,(H2,23,25,26,27,28)/t11-,12-,13+/m1/s1. The van der Waals surface area contributed by atoms with Gasteiger partial charge in [0.15, 0.2) is 5.82 Å². The number of anilines is 3. The summed E-state index contributed by atoms with van der Waals surface area (Å²) in [7, 11) is 1.94. The molecule has 1 aliphatic rings. The summed E-state index contributed by atoms with van der Waals surface area (Å²) in [6.45, 7) is 2.06. The van der Waals surface area contributed by atoms with Crippen molar-refractivity contribution in [2.75, 3.05) is 17.3 Å². The lowest BCUT2D eigenvalue weighted by molar-refractivity contribution is 0.466. The fourth-order valence-corrected chi connectivity index (χ4v) is 3.35. The lowest BCUT2D eigenvalue weighted by atomic mass is 10.2. The van der Waals surface area contributed by atoms with Gasteiger partial charge in [-0.25, -0.2) is 14.4 Å². The van der Waals surface area contributed by atoms with Crippen molar-refractivity contribution in [2.45, 2.75) is 31.5 Å². The van der Waals surface area contributed by atoms with Crippen molar-refractivity contribution in [1.29, 1.82) is 0 Å². The van der Waals surface area contributed by atoms with Gasteiger partial charge in [-0.3, -0.25) is 5.10 Å². The summed E-state index contributed by atoms with van der Waals surface area (Å²) in [5.41, 5.74) is 3.68. The van der Waals surface area contributed by atoms with Crippen LogP contribution in [0.3, 0.4) is 0 Å². The third kappa shape index (κ3) is 3.39. The van der Waals surface area contributed by atoms with E-state index < -0.39 is 6.17 Å². The third-order valence-corrected chi connectivity index (χ3v) is 5.36. The number of hydrogen-bond donors (Lipinski definition) is 3. The van der Waals surface area contributed by atoms with Gasteiger partial charge >= 0.3 is 0 Å². The van der Waals surface area contributed by atoms with Crippen LogP contribution < -0.4 is 10.2 Å². The fourth-order valence-electron chi connectivity index (χ4n) is 3.35. The summed E-state index contributed by atoms with van der Waals surface area (Å²) >= 11 is 0. The highest BCUT2D eigenvalue weighted by Gasteiger charge is 2.40. The molecule has 0 unspecified atom stereocenters.